The summed E-state index contributed by atoms with van der Waals surface area (Å²) < 4.78 is 0. The lowest BCUT2D eigenvalue weighted by Crippen LogP contribution is -2.60. The lowest BCUT2D eigenvalue weighted by Gasteiger charge is -2.48. The summed E-state index contributed by atoms with van der Waals surface area (Å²) in [5.41, 5.74) is 4.26. The van der Waals surface area contributed by atoms with Crippen molar-refractivity contribution in [3.05, 3.63) is 65.2 Å². The molecule has 1 aliphatic heterocycles. The van der Waals surface area contributed by atoms with Gasteiger partial charge in [-0.15, -0.1) is 0 Å². The number of phenols is 1. The van der Waals surface area contributed by atoms with Crippen LogP contribution in [0.3, 0.4) is 0 Å². The highest BCUT2D eigenvalue weighted by atomic mass is 16.3. The van der Waals surface area contributed by atoms with Crippen molar-refractivity contribution in [2.45, 2.75) is 56.5 Å². The van der Waals surface area contributed by atoms with E-state index < -0.39 is 0 Å². The summed E-state index contributed by atoms with van der Waals surface area (Å²) in [6.45, 7) is 4.60. The second-order valence-electron chi connectivity index (χ2n) is 8.64. The van der Waals surface area contributed by atoms with Crippen LogP contribution in [0.1, 0.15) is 42.9 Å². The van der Waals surface area contributed by atoms with E-state index in [2.05, 4.69) is 60.6 Å². The largest absolute Gasteiger partial charge is 0.508 e. The minimum Gasteiger partial charge on any atom is -0.508 e. The molecular formula is C24H32N2O. The molecule has 1 saturated heterocycles. The molecule has 27 heavy (non-hydrogen) atoms. The Morgan fingerprint density at radius 3 is 2.81 bits per heavy atom. The second kappa shape index (κ2) is 7.65. The van der Waals surface area contributed by atoms with Gasteiger partial charge in [-0.1, -0.05) is 43.3 Å². The predicted octanol–water partition coefficient (Wildman–Crippen LogP) is 3.89. The smallest absolute Gasteiger partial charge is 0.115 e. The molecule has 2 aliphatic rings. The van der Waals surface area contributed by atoms with E-state index in [-0.39, 0.29) is 5.41 Å². The van der Waals surface area contributed by atoms with E-state index in [1.165, 1.54) is 29.5 Å². The highest BCUT2D eigenvalue weighted by Crippen LogP contribution is 2.45. The average molecular weight is 365 g/mol. The van der Waals surface area contributed by atoms with E-state index in [0.29, 0.717) is 17.8 Å². The number of phenolic OH excluding ortho intramolecular Hbond substituents is 1. The summed E-state index contributed by atoms with van der Waals surface area (Å²) in [5.74, 6) is 0.397. The van der Waals surface area contributed by atoms with Crippen molar-refractivity contribution in [2.24, 2.45) is 0 Å². The molecule has 0 aromatic heterocycles. The number of likely N-dealkylation sites (tertiary alicyclic amines) is 1. The van der Waals surface area contributed by atoms with Crippen LogP contribution in [0.15, 0.2) is 48.5 Å². The van der Waals surface area contributed by atoms with Gasteiger partial charge in [0.15, 0.2) is 0 Å². The number of nitrogens with one attached hydrogen (secondary N) is 1. The number of rotatable bonds is 5. The van der Waals surface area contributed by atoms with Crippen LogP contribution in [0.5, 0.6) is 5.75 Å². The standard InChI is InChI=1S/C24H32N2O/c1-24-13-7-15-26(2)22(16-19-11-12-20(27)17-21(19)24)23(24)25-14-6-10-18-8-4-3-5-9-18/h3-5,8-9,11-12,17,22-23,25,27H,6-7,10,13-16H2,1-2H3. The van der Waals surface area contributed by atoms with Gasteiger partial charge in [-0.05, 0) is 81.1 Å². The quantitative estimate of drug-likeness (QED) is 0.790. The minimum atomic E-state index is 0.0779. The Balaban J connectivity index is 1.53. The molecular weight excluding hydrogens is 332 g/mol. The molecule has 2 aromatic rings. The van der Waals surface area contributed by atoms with Gasteiger partial charge in [0.05, 0.1) is 0 Å². The van der Waals surface area contributed by atoms with Crippen molar-refractivity contribution in [3.63, 3.8) is 0 Å². The van der Waals surface area contributed by atoms with E-state index in [1.807, 2.05) is 12.1 Å². The zero-order valence-corrected chi connectivity index (χ0v) is 16.6. The van der Waals surface area contributed by atoms with Gasteiger partial charge in [0.25, 0.3) is 0 Å². The zero-order chi connectivity index (χ0) is 18.9. The maximum atomic E-state index is 10.1. The van der Waals surface area contributed by atoms with Crippen molar-refractivity contribution in [3.8, 4) is 5.75 Å². The molecule has 1 fully saturated rings. The highest BCUT2D eigenvalue weighted by molar-refractivity contribution is 5.45. The summed E-state index contributed by atoms with van der Waals surface area (Å²) >= 11 is 0. The SMILES string of the molecule is CN1CCCC2(C)c3cc(O)ccc3CC1C2NCCCc1ccccc1. The van der Waals surface area contributed by atoms with E-state index in [1.54, 1.807) is 0 Å². The normalized spacial score (nSPS) is 27.8. The van der Waals surface area contributed by atoms with Crippen LogP contribution in [0.2, 0.25) is 0 Å². The lowest BCUT2D eigenvalue weighted by molar-refractivity contribution is 0.156. The van der Waals surface area contributed by atoms with Crippen LogP contribution in [-0.2, 0) is 18.3 Å². The molecule has 1 heterocycles. The third-order valence-electron chi connectivity index (χ3n) is 6.83. The van der Waals surface area contributed by atoms with Crippen LogP contribution in [0, 0.1) is 0 Å². The summed E-state index contributed by atoms with van der Waals surface area (Å²) in [7, 11) is 2.28. The summed E-state index contributed by atoms with van der Waals surface area (Å²) in [6, 6.07) is 17.7. The van der Waals surface area contributed by atoms with Gasteiger partial charge in [0, 0.05) is 17.5 Å². The molecule has 3 nitrogen and oxygen atoms in total. The zero-order valence-electron chi connectivity index (χ0n) is 16.6. The molecule has 0 amide bonds. The van der Waals surface area contributed by atoms with Gasteiger partial charge < -0.3 is 15.3 Å². The molecule has 144 valence electrons. The first-order valence-corrected chi connectivity index (χ1v) is 10.4. The third kappa shape index (κ3) is 3.63. The Bertz CT molecular complexity index is 775. The first-order valence-electron chi connectivity index (χ1n) is 10.4. The Kier molecular flexibility index (Phi) is 5.25. The van der Waals surface area contributed by atoms with Gasteiger partial charge in [-0.25, -0.2) is 0 Å². The van der Waals surface area contributed by atoms with E-state index in [0.717, 1.165) is 32.4 Å². The van der Waals surface area contributed by atoms with Crippen molar-refractivity contribution < 1.29 is 5.11 Å². The number of hydrogen-bond acceptors (Lipinski definition) is 3. The van der Waals surface area contributed by atoms with Crippen molar-refractivity contribution in [1.29, 1.82) is 0 Å². The molecule has 3 heteroatoms. The Hall–Kier alpha value is -1.84. The fraction of sp³-hybridized carbons (Fsp3) is 0.500. The van der Waals surface area contributed by atoms with Gasteiger partial charge in [-0.3, -0.25) is 0 Å². The van der Waals surface area contributed by atoms with Gasteiger partial charge in [-0.2, -0.15) is 0 Å². The fourth-order valence-corrected chi connectivity index (χ4v) is 5.33. The number of aromatic hydroxyl groups is 1. The summed E-state index contributed by atoms with van der Waals surface area (Å²) in [6.07, 6.45) is 5.72. The maximum absolute atomic E-state index is 10.1. The lowest BCUT2D eigenvalue weighted by atomic mass is 9.64. The molecule has 2 N–H and O–H groups in total. The van der Waals surface area contributed by atoms with Crippen LogP contribution in [-0.4, -0.2) is 42.2 Å². The van der Waals surface area contributed by atoms with Crippen LogP contribution >= 0.6 is 0 Å². The average Bonchev–Trinajstić information content (AvgIpc) is 2.75. The molecule has 0 radical (unpaired) electrons. The van der Waals surface area contributed by atoms with Gasteiger partial charge in [0.2, 0.25) is 0 Å². The Labute approximate surface area is 163 Å². The third-order valence-corrected chi connectivity index (χ3v) is 6.83. The Morgan fingerprint density at radius 2 is 2.00 bits per heavy atom. The molecule has 3 unspecified atom stereocenters. The minimum absolute atomic E-state index is 0.0779. The number of benzene rings is 2. The molecule has 0 saturated carbocycles. The van der Waals surface area contributed by atoms with E-state index in [4.69, 9.17) is 0 Å². The monoisotopic (exact) mass is 364 g/mol. The van der Waals surface area contributed by atoms with Crippen molar-refractivity contribution >= 4 is 0 Å². The second-order valence-corrected chi connectivity index (χ2v) is 8.64. The first-order chi connectivity index (χ1) is 13.1. The summed E-state index contributed by atoms with van der Waals surface area (Å²) in [4.78, 5) is 2.55. The number of fused-ring (bicyclic) bond motifs is 4. The number of aryl methyl sites for hydroxylation is 1. The molecule has 3 atom stereocenters. The van der Waals surface area contributed by atoms with E-state index >= 15 is 0 Å². The molecule has 4 rings (SSSR count). The predicted molar refractivity (Wildman–Crippen MR) is 111 cm³/mol. The molecule has 1 aliphatic carbocycles. The van der Waals surface area contributed by atoms with Crippen molar-refractivity contribution in [1.82, 2.24) is 10.2 Å². The first kappa shape index (κ1) is 18.5. The number of likely N-dealkylation sites (N-methyl/N-ethyl adjacent to an activating group) is 1. The van der Waals surface area contributed by atoms with Gasteiger partial charge >= 0.3 is 0 Å². The van der Waals surface area contributed by atoms with Crippen LogP contribution < -0.4 is 5.32 Å². The molecule has 0 spiro atoms. The molecule has 2 bridgehead atoms. The van der Waals surface area contributed by atoms with E-state index in [9.17, 15) is 5.11 Å². The topological polar surface area (TPSA) is 35.5 Å². The van der Waals surface area contributed by atoms with Crippen LogP contribution in [0.4, 0.5) is 0 Å². The highest BCUT2D eigenvalue weighted by Gasteiger charge is 2.47. The summed E-state index contributed by atoms with van der Waals surface area (Å²) in [5, 5.41) is 14.1. The molecule has 2 aromatic carbocycles. The Morgan fingerprint density at radius 1 is 1.19 bits per heavy atom. The number of hydrogen-bond donors (Lipinski definition) is 2. The number of nitrogens with zero attached hydrogens (tertiary/aromatic N) is 1. The van der Waals surface area contributed by atoms with Crippen LogP contribution in [0.25, 0.3) is 0 Å². The maximum Gasteiger partial charge on any atom is 0.115 e. The van der Waals surface area contributed by atoms with Gasteiger partial charge in [0.1, 0.15) is 5.75 Å². The fourth-order valence-electron chi connectivity index (χ4n) is 5.33. The van der Waals surface area contributed by atoms with Crippen molar-refractivity contribution in [2.75, 3.05) is 20.1 Å².